The van der Waals surface area contributed by atoms with Crippen LogP contribution >= 0.6 is 11.6 Å². The van der Waals surface area contributed by atoms with Gasteiger partial charge in [0.15, 0.2) is 0 Å². The monoisotopic (exact) mass is 322 g/mol. The van der Waals surface area contributed by atoms with Crippen molar-refractivity contribution >= 4 is 23.3 Å². The Morgan fingerprint density at radius 1 is 1.32 bits per heavy atom. The van der Waals surface area contributed by atoms with E-state index in [1.54, 1.807) is 14.0 Å². The number of nitro groups is 1. The summed E-state index contributed by atoms with van der Waals surface area (Å²) in [6.07, 6.45) is 0. The topological polar surface area (TPSA) is 91.4 Å². The molecule has 0 aliphatic carbocycles. The maximum Gasteiger partial charge on any atom is 0.350 e. The van der Waals surface area contributed by atoms with Crippen LogP contribution < -0.4 is 10.3 Å². The molecule has 2 aromatic rings. The Labute approximate surface area is 129 Å². The Bertz CT molecular complexity index is 828. The largest absolute Gasteiger partial charge is 0.422 e. The number of hydrogen-bond donors (Lipinski definition) is 0. The maximum absolute atomic E-state index is 12.1. The predicted molar refractivity (Wildman–Crippen MR) is 79.5 cm³/mol. The Hall–Kier alpha value is -2.67. The number of esters is 1. The molecule has 0 bridgehead atoms. The van der Waals surface area contributed by atoms with Gasteiger partial charge in [-0.1, -0.05) is 11.6 Å². The quantitative estimate of drug-likeness (QED) is 0.492. The van der Waals surface area contributed by atoms with E-state index < -0.39 is 16.6 Å². The first-order chi connectivity index (χ1) is 10.3. The molecule has 0 saturated heterocycles. The zero-order valence-corrected chi connectivity index (χ0v) is 12.5. The van der Waals surface area contributed by atoms with E-state index in [0.717, 1.165) is 12.1 Å². The minimum Gasteiger partial charge on any atom is -0.422 e. The van der Waals surface area contributed by atoms with Gasteiger partial charge in [0.25, 0.3) is 11.2 Å². The van der Waals surface area contributed by atoms with Gasteiger partial charge in [0.1, 0.15) is 11.3 Å². The van der Waals surface area contributed by atoms with Gasteiger partial charge in [0.2, 0.25) is 0 Å². The van der Waals surface area contributed by atoms with E-state index in [4.69, 9.17) is 16.3 Å². The van der Waals surface area contributed by atoms with E-state index in [0.29, 0.717) is 5.69 Å². The zero-order chi connectivity index (χ0) is 16.4. The van der Waals surface area contributed by atoms with Crippen LogP contribution in [0.15, 0.2) is 35.1 Å². The number of ether oxygens (including phenoxy) is 1. The second-order valence-corrected chi connectivity index (χ2v) is 4.97. The Morgan fingerprint density at radius 3 is 2.59 bits per heavy atom. The molecule has 0 atom stereocenters. The fourth-order valence-corrected chi connectivity index (χ4v) is 1.95. The minimum atomic E-state index is -0.934. The van der Waals surface area contributed by atoms with Gasteiger partial charge in [-0.05, 0) is 19.1 Å². The van der Waals surface area contributed by atoms with Gasteiger partial charge < -0.3 is 9.30 Å². The van der Waals surface area contributed by atoms with Crippen LogP contribution in [0.4, 0.5) is 5.69 Å². The van der Waals surface area contributed by atoms with E-state index in [2.05, 4.69) is 0 Å². The van der Waals surface area contributed by atoms with E-state index >= 15 is 0 Å². The molecule has 114 valence electrons. The maximum atomic E-state index is 12.1. The molecule has 0 spiro atoms. The Morgan fingerprint density at radius 2 is 2.00 bits per heavy atom. The molecular weight excluding hydrogens is 312 g/mol. The van der Waals surface area contributed by atoms with Gasteiger partial charge >= 0.3 is 5.97 Å². The minimum absolute atomic E-state index is 0.0230. The second-order valence-electron chi connectivity index (χ2n) is 4.54. The van der Waals surface area contributed by atoms with E-state index in [1.807, 2.05) is 0 Å². The summed E-state index contributed by atoms with van der Waals surface area (Å²) >= 11 is 5.68. The third kappa shape index (κ3) is 3.15. The molecule has 0 unspecified atom stereocenters. The van der Waals surface area contributed by atoms with Crippen LogP contribution in [0.3, 0.4) is 0 Å². The van der Waals surface area contributed by atoms with E-state index in [-0.39, 0.29) is 21.9 Å². The van der Waals surface area contributed by atoms with Gasteiger partial charge in [0, 0.05) is 36.0 Å². The molecule has 0 fully saturated rings. The highest BCUT2D eigenvalue weighted by molar-refractivity contribution is 6.31. The van der Waals surface area contributed by atoms with Gasteiger partial charge in [0.05, 0.1) is 4.92 Å². The molecular formula is C14H11ClN2O5. The molecule has 0 N–H and O–H groups in total. The summed E-state index contributed by atoms with van der Waals surface area (Å²) in [6, 6.07) is 6.23. The van der Waals surface area contributed by atoms with Crippen molar-refractivity contribution in [3.8, 4) is 5.75 Å². The van der Waals surface area contributed by atoms with Crippen molar-refractivity contribution < 1.29 is 14.5 Å². The lowest BCUT2D eigenvalue weighted by atomic mass is 10.2. The molecule has 8 heteroatoms. The molecule has 1 heterocycles. The number of carbonyl (C=O) groups is 1. The van der Waals surface area contributed by atoms with Crippen LogP contribution in [0.2, 0.25) is 5.02 Å². The van der Waals surface area contributed by atoms with Crippen molar-refractivity contribution in [2.45, 2.75) is 6.92 Å². The second kappa shape index (κ2) is 5.98. The number of carbonyl (C=O) groups excluding carboxylic acids is 1. The summed E-state index contributed by atoms with van der Waals surface area (Å²) in [5, 5.41) is 11.1. The molecule has 1 aromatic carbocycles. The number of pyridine rings is 1. The molecule has 2 rings (SSSR count). The zero-order valence-electron chi connectivity index (χ0n) is 11.7. The number of hydrogen-bond acceptors (Lipinski definition) is 5. The lowest BCUT2D eigenvalue weighted by molar-refractivity contribution is -0.385. The summed E-state index contributed by atoms with van der Waals surface area (Å²) in [7, 11) is 1.58. The summed E-state index contributed by atoms with van der Waals surface area (Å²) in [5.41, 5.74) is -0.472. The predicted octanol–water partition coefficient (Wildman–Crippen LogP) is 2.47. The molecule has 0 radical (unpaired) electrons. The first-order valence-corrected chi connectivity index (χ1v) is 6.51. The summed E-state index contributed by atoms with van der Waals surface area (Å²) in [4.78, 5) is 34.0. The highest BCUT2D eigenvalue weighted by Crippen LogP contribution is 2.24. The van der Waals surface area contributed by atoms with Crippen molar-refractivity contribution in [2.75, 3.05) is 0 Å². The van der Waals surface area contributed by atoms with Gasteiger partial charge in [-0.25, -0.2) is 4.79 Å². The number of benzene rings is 1. The van der Waals surface area contributed by atoms with Crippen molar-refractivity contribution in [3.63, 3.8) is 0 Å². The van der Waals surface area contributed by atoms with Gasteiger partial charge in [-0.15, -0.1) is 0 Å². The van der Waals surface area contributed by atoms with Gasteiger partial charge in [-0.3, -0.25) is 14.9 Å². The number of rotatable bonds is 3. The van der Waals surface area contributed by atoms with E-state index in [9.17, 15) is 19.7 Å². The highest BCUT2D eigenvalue weighted by atomic mass is 35.5. The third-order valence-corrected chi connectivity index (χ3v) is 3.30. The van der Waals surface area contributed by atoms with Crippen molar-refractivity contribution in [1.82, 2.24) is 4.57 Å². The number of aryl methyl sites for hydroxylation is 1. The molecule has 22 heavy (non-hydrogen) atoms. The molecule has 0 amide bonds. The normalized spacial score (nSPS) is 10.3. The smallest absolute Gasteiger partial charge is 0.350 e. The summed E-state index contributed by atoms with van der Waals surface area (Å²) in [5.74, 6) is -0.911. The summed E-state index contributed by atoms with van der Waals surface area (Å²) in [6.45, 7) is 1.67. The van der Waals surface area contributed by atoms with E-state index in [1.165, 1.54) is 22.8 Å². The van der Waals surface area contributed by atoms with Crippen LogP contribution in [0, 0.1) is 17.0 Å². The Balaban J connectivity index is 2.38. The SMILES string of the molecule is Cc1cc(OC(=O)c2ccc(Cl)cc2[N+](=O)[O-])cc(=O)n1C. The van der Waals surface area contributed by atoms with Crippen LogP contribution in [-0.2, 0) is 7.05 Å². The van der Waals surface area contributed by atoms with Crippen LogP contribution in [0.25, 0.3) is 0 Å². The van der Waals surface area contributed by atoms with Gasteiger partial charge in [-0.2, -0.15) is 0 Å². The fourth-order valence-electron chi connectivity index (χ4n) is 1.79. The average molecular weight is 323 g/mol. The highest BCUT2D eigenvalue weighted by Gasteiger charge is 2.22. The number of nitro benzene ring substituents is 1. The molecule has 1 aromatic heterocycles. The molecule has 7 nitrogen and oxygen atoms in total. The Kier molecular flexibility index (Phi) is 4.27. The lowest BCUT2D eigenvalue weighted by Gasteiger charge is -2.08. The van der Waals surface area contributed by atoms with Crippen molar-refractivity contribution in [1.29, 1.82) is 0 Å². The molecule has 0 aliphatic heterocycles. The van der Waals surface area contributed by atoms with Crippen LogP contribution in [-0.4, -0.2) is 15.5 Å². The number of nitrogens with zero attached hydrogens (tertiary/aromatic N) is 2. The fraction of sp³-hybridized carbons (Fsp3) is 0.143. The lowest BCUT2D eigenvalue weighted by Crippen LogP contribution is -2.19. The molecule has 0 saturated carbocycles. The first kappa shape index (κ1) is 15.7. The third-order valence-electron chi connectivity index (χ3n) is 3.06. The molecule has 0 aliphatic rings. The number of halogens is 1. The first-order valence-electron chi connectivity index (χ1n) is 6.13. The van der Waals surface area contributed by atoms with Crippen LogP contribution in [0.5, 0.6) is 5.75 Å². The average Bonchev–Trinajstić information content (AvgIpc) is 2.44. The standard InChI is InChI=1S/C14H11ClN2O5/c1-8-5-10(7-13(18)16(8)2)22-14(19)11-4-3-9(15)6-12(11)17(20)21/h3-7H,1-2H3. The summed E-state index contributed by atoms with van der Waals surface area (Å²) < 4.78 is 6.43. The van der Waals surface area contributed by atoms with Crippen molar-refractivity contribution in [2.24, 2.45) is 7.05 Å². The van der Waals surface area contributed by atoms with Crippen molar-refractivity contribution in [3.05, 3.63) is 67.1 Å². The number of aromatic nitrogens is 1. The van der Waals surface area contributed by atoms with Crippen LogP contribution in [0.1, 0.15) is 16.1 Å².